The molecule has 9 heteroatoms. The first-order valence-corrected chi connectivity index (χ1v) is 9.78. The van der Waals surface area contributed by atoms with Gasteiger partial charge in [-0.3, -0.25) is 4.99 Å². The number of benzene rings is 1. The van der Waals surface area contributed by atoms with Gasteiger partial charge in [0.15, 0.2) is 5.96 Å². The van der Waals surface area contributed by atoms with E-state index in [2.05, 4.69) is 39.4 Å². The van der Waals surface area contributed by atoms with E-state index in [1.165, 1.54) is 5.56 Å². The highest BCUT2D eigenvalue weighted by Gasteiger charge is 2.06. The minimum Gasteiger partial charge on any atom is -0.497 e. The topological polar surface area (TPSA) is 91.8 Å². The van der Waals surface area contributed by atoms with Gasteiger partial charge in [0.05, 0.1) is 13.4 Å². The molecule has 0 heterocycles. The largest absolute Gasteiger partial charge is 0.497 e. The van der Waals surface area contributed by atoms with Gasteiger partial charge in [0.1, 0.15) is 5.75 Å². The van der Waals surface area contributed by atoms with Crippen molar-refractivity contribution >= 4 is 40.0 Å². The highest BCUT2D eigenvalue weighted by Crippen LogP contribution is 2.21. The average molecular weight is 484 g/mol. The zero-order valence-electron chi connectivity index (χ0n) is 15.2. The van der Waals surface area contributed by atoms with Crippen LogP contribution < -0.4 is 20.1 Å². The summed E-state index contributed by atoms with van der Waals surface area (Å²) in [5, 5.41) is 6.29. The van der Waals surface area contributed by atoms with Crippen molar-refractivity contribution in [3.8, 4) is 5.75 Å². The molecule has 0 radical (unpaired) electrons. The van der Waals surface area contributed by atoms with Gasteiger partial charge in [-0.05, 0) is 30.0 Å². The van der Waals surface area contributed by atoms with Crippen LogP contribution in [0.1, 0.15) is 24.8 Å². The standard InChI is InChI=1S/C16H28N4O3S.HI/c1-13(14-5-7-15(23-3)8-6-14)9-10-18-16(17-2)19-11-12-20-24(4,21)22;/h5-8,13,20H,9-12H2,1-4H3,(H2,17,18,19);1H. The predicted octanol–water partition coefficient (Wildman–Crippen LogP) is 1.52. The number of aliphatic imine (C=N–C) groups is 1. The summed E-state index contributed by atoms with van der Waals surface area (Å²) in [7, 11) is 0.194. The lowest BCUT2D eigenvalue weighted by molar-refractivity contribution is 0.414. The molecule has 0 aromatic heterocycles. The van der Waals surface area contributed by atoms with Crippen molar-refractivity contribution in [2.75, 3.05) is 40.0 Å². The molecule has 0 saturated carbocycles. The third-order valence-electron chi connectivity index (χ3n) is 3.56. The molecule has 0 saturated heterocycles. The normalized spacial score (nSPS) is 12.9. The van der Waals surface area contributed by atoms with Gasteiger partial charge in [-0.15, -0.1) is 24.0 Å². The zero-order chi connectivity index (χ0) is 18.0. The summed E-state index contributed by atoms with van der Waals surface area (Å²) in [4.78, 5) is 4.11. The second kappa shape index (κ2) is 12.3. The maximum atomic E-state index is 11.0. The molecule has 0 aliphatic rings. The monoisotopic (exact) mass is 484 g/mol. The van der Waals surface area contributed by atoms with Gasteiger partial charge in [0.25, 0.3) is 0 Å². The Labute approximate surface area is 168 Å². The number of hydrogen-bond acceptors (Lipinski definition) is 4. The molecule has 144 valence electrons. The molecule has 0 aliphatic carbocycles. The number of nitrogens with zero attached hydrogens (tertiary/aromatic N) is 1. The Hall–Kier alpha value is -1.07. The number of hydrogen-bond donors (Lipinski definition) is 3. The van der Waals surface area contributed by atoms with Crippen LogP contribution in [0.25, 0.3) is 0 Å². The van der Waals surface area contributed by atoms with E-state index in [-0.39, 0.29) is 24.0 Å². The first-order chi connectivity index (χ1) is 11.4. The summed E-state index contributed by atoms with van der Waals surface area (Å²) >= 11 is 0. The Bertz CT molecular complexity index is 621. The van der Waals surface area contributed by atoms with Gasteiger partial charge >= 0.3 is 0 Å². The van der Waals surface area contributed by atoms with E-state index in [9.17, 15) is 8.42 Å². The van der Waals surface area contributed by atoms with Crippen molar-refractivity contribution in [3.63, 3.8) is 0 Å². The quantitative estimate of drug-likeness (QED) is 0.214. The lowest BCUT2D eigenvalue weighted by Gasteiger charge is -2.15. The van der Waals surface area contributed by atoms with Gasteiger partial charge < -0.3 is 15.4 Å². The van der Waals surface area contributed by atoms with Crippen LogP contribution in [-0.4, -0.2) is 54.4 Å². The van der Waals surface area contributed by atoms with Crippen LogP contribution in [0.2, 0.25) is 0 Å². The number of methoxy groups -OCH3 is 1. The van der Waals surface area contributed by atoms with Crippen LogP contribution in [0.5, 0.6) is 5.75 Å². The van der Waals surface area contributed by atoms with E-state index in [0.717, 1.165) is 25.0 Å². The molecule has 1 rings (SSSR count). The second-order valence-corrected chi connectivity index (χ2v) is 7.39. The molecule has 0 aliphatic heterocycles. The summed E-state index contributed by atoms with van der Waals surface area (Å²) in [5.41, 5.74) is 1.26. The fourth-order valence-electron chi connectivity index (χ4n) is 2.14. The van der Waals surface area contributed by atoms with Crippen LogP contribution in [-0.2, 0) is 10.0 Å². The smallest absolute Gasteiger partial charge is 0.208 e. The minimum absolute atomic E-state index is 0. The first-order valence-electron chi connectivity index (χ1n) is 7.89. The molecule has 0 spiro atoms. The van der Waals surface area contributed by atoms with Gasteiger partial charge in [-0.1, -0.05) is 19.1 Å². The van der Waals surface area contributed by atoms with Crippen LogP contribution >= 0.6 is 24.0 Å². The Morgan fingerprint density at radius 1 is 1.16 bits per heavy atom. The van der Waals surface area contributed by atoms with Crippen molar-refractivity contribution in [1.29, 1.82) is 0 Å². The van der Waals surface area contributed by atoms with Crippen molar-refractivity contribution in [1.82, 2.24) is 15.4 Å². The number of nitrogens with one attached hydrogen (secondary N) is 3. The van der Waals surface area contributed by atoms with E-state index < -0.39 is 10.0 Å². The van der Waals surface area contributed by atoms with Gasteiger partial charge in [-0.25, -0.2) is 13.1 Å². The molecule has 1 atom stereocenters. The molecular formula is C16H29IN4O3S. The van der Waals surface area contributed by atoms with Crippen LogP contribution in [0.15, 0.2) is 29.3 Å². The maximum Gasteiger partial charge on any atom is 0.208 e. The van der Waals surface area contributed by atoms with Gasteiger partial charge in [0.2, 0.25) is 10.0 Å². The lowest BCUT2D eigenvalue weighted by Crippen LogP contribution is -2.41. The summed E-state index contributed by atoms with van der Waals surface area (Å²) < 4.78 is 29.5. The molecule has 1 unspecified atom stereocenters. The van der Waals surface area contributed by atoms with Crippen molar-refractivity contribution in [3.05, 3.63) is 29.8 Å². The predicted molar refractivity (Wildman–Crippen MR) is 114 cm³/mol. The molecule has 7 nitrogen and oxygen atoms in total. The Morgan fingerprint density at radius 2 is 1.76 bits per heavy atom. The number of sulfonamides is 1. The molecule has 3 N–H and O–H groups in total. The Morgan fingerprint density at radius 3 is 2.28 bits per heavy atom. The molecule has 25 heavy (non-hydrogen) atoms. The van der Waals surface area contributed by atoms with E-state index >= 15 is 0 Å². The average Bonchev–Trinajstić information content (AvgIpc) is 2.56. The molecule has 0 bridgehead atoms. The molecular weight excluding hydrogens is 455 g/mol. The minimum atomic E-state index is -3.15. The lowest BCUT2D eigenvalue weighted by atomic mass is 9.98. The van der Waals surface area contributed by atoms with Gasteiger partial charge in [0, 0.05) is 26.7 Å². The molecule has 0 amide bonds. The van der Waals surface area contributed by atoms with Crippen LogP contribution in [0.3, 0.4) is 0 Å². The second-order valence-electron chi connectivity index (χ2n) is 5.56. The van der Waals surface area contributed by atoms with E-state index in [1.807, 2.05) is 12.1 Å². The summed E-state index contributed by atoms with van der Waals surface area (Å²) in [6.45, 7) is 3.74. The SMILES string of the molecule is CN=C(NCCNS(C)(=O)=O)NCCC(C)c1ccc(OC)cc1.I. The molecule has 0 fully saturated rings. The molecule has 1 aromatic rings. The Kier molecular flexibility index (Phi) is 11.8. The third kappa shape index (κ3) is 10.5. The highest BCUT2D eigenvalue weighted by atomic mass is 127. The first kappa shape index (κ1) is 23.9. The Balaban J connectivity index is 0.00000576. The van der Waals surface area contributed by atoms with E-state index in [4.69, 9.17) is 4.74 Å². The summed E-state index contributed by atoms with van der Waals surface area (Å²) in [6.07, 6.45) is 2.09. The fourth-order valence-corrected chi connectivity index (χ4v) is 2.62. The van der Waals surface area contributed by atoms with Crippen LogP contribution in [0, 0.1) is 0 Å². The number of guanidine groups is 1. The van der Waals surface area contributed by atoms with Crippen molar-refractivity contribution < 1.29 is 13.2 Å². The number of ether oxygens (including phenoxy) is 1. The van der Waals surface area contributed by atoms with Crippen LogP contribution in [0.4, 0.5) is 0 Å². The van der Waals surface area contributed by atoms with Gasteiger partial charge in [-0.2, -0.15) is 0 Å². The highest BCUT2D eigenvalue weighted by molar-refractivity contribution is 14.0. The summed E-state index contributed by atoms with van der Waals surface area (Å²) in [6, 6.07) is 8.09. The molecule has 1 aromatic carbocycles. The van der Waals surface area contributed by atoms with E-state index in [0.29, 0.717) is 25.0 Å². The number of rotatable bonds is 9. The number of halogens is 1. The third-order valence-corrected chi connectivity index (χ3v) is 4.29. The van der Waals surface area contributed by atoms with E-state index in [1.54, 1.807) is 14.2 Å². The zero-order valence-corrected chi connectivity index (χ0v) is 18.4. The fraction of sp³-hybridized carbons (Fsp3) is 0.562. The van der Waals surface area contributed by atoms with Crippen molar-refractivity contribution in [2.24, 2.45) is 4.99 Å². The maximum absolute atomic E-state index is 11.0. The summed E-state index contributed by atoms with van der Waals surface area (Å²) in [5.74, 6) is 1.93. The van der Waals surface area contributed by atoms with Crippen molar-refractivity contribution in [2.45, 2.75) is 19.3 Å².